The number of aliphatic carboxylic acids is 2. The van der Waals surface area contributed by atoms with Crippen molar-refractivity contribution >= 4 is 121 Å². The minimum Gasteiger partial charge on any atom is -0.481 e. The molecular weight excluding hydrogens is 1250 g/mol. The zero-order valence-electron chi connectivity index (χ0n) is 47.6. The summed E-state index contributed by atoms with van der Waals surface area (Å²) in [5.74, 6) is -5.18. The molecule has 1 aliphatic rings. The first-order chi connectivity index (χ1) is 42.3. The van der Waals surface area contributed by atoms with Crippen LogP contribution in [0.3, 0.4) is 0 Å². The Morgan fingerprint density at radius 3 is 2.06 bits per heavy atom. The molecule has 10 bridgehead atoms. The van der Waals surface area contributed by atoms with Gasteiger partial charge in [0.25, 0.3) is 17.7 Å². The number of benzene rings is 1. The summed E-state index contributed by atoms with van der Waals surface area (Å²) in [6.45, 7) is 5.00. The number of hydrogen-bond donors (Lipinski definition) is 9. The number of methoxy groups -OCH3 is 1. The van der Waals surface area contributed by atoms with Crippen LogP contribution in [0.15, 0.2) is 64.0 Å². The highest BCUT2D eigenvalue weighted by molar-refractivity contribution is 7.15. The van der Waals surface area contributed by atoms with E-state index in [9.17, 15) is 53.7 Å². The molecule has 460 valence electrons. The van der Waals surface area contributed by atoms with E-state index >= 15 is 0 Å². The quantitative estimate of drug-likeness (QED) is 0.0418. The fourth-order valence-electron chi connectivity index (χ4n) is 8.99. The number of aryl methyl sites for hydroxylation is 1. The van der Waals surface area contributed by atoms with Gasteiger partial charge in [0.1, 0.15) is 82.2 Å². The second-order valence-corrected chi connectivity index (χ2v) is 25.9. The molecule has 9 rings (SSSR count). The number of hydrogen-bond acceptors (Lipinski definition) is 23. The van der Waals surface area contributed by atoms with Gasteiger partial charge >= 0.3 is 18.0 Å². The van der Waals surface area contributed by atoms with Crippen LogP contribution < -0.4 is 31.9 Å². The summed E-state index contributed by atoms with van der Waals surface area (Å²) in [4.78, 5) is 142. The van der Waals surface area contributed by atoms with E-state index in [0.717, 1.165) is 56.7 Å². The van der Waals surface area contributed by atoms with E-state index in [1.54, 1.807) is 70.9 Å². The van der Waals surface area contributed by atoms with Crippen LogP contribution in [0.2, 0.25) is 0 Å². The number of thiazole rings is 6. The number of ether oxygens (including phenoxy) is 1. The third kappa shape index (κ3) is 15.7. The lowest BCUT2D eigenvalue weighted by atomic mass is 10.0. The molecule has 0 saturated heterocycles. The maximum atomic E-state index is 14.3. The number of carboxylic acid groups (broad SMARTS) is 2. The van der Waals surface area contributed by atoms with Gasteiger partial charge in [0, 0.05) is 72.0 Å². The van der Waals surface area contributed by atoms with Gasteiger partial charge in [-0.05, 0) is 43.4 Å². The summed E-state index contributed by atoms with van der Waals surface area (Å²) in [7, 11) is 2.91. The van der Waals surface area contributed by atoms with Crippen molar-refractivity contribution in [2.24, 2.45) is 5.92 Å². The van der Waals surface area contributed by atoms with Crippen molar-refractivity contribution in [3.8, 4) is 43.4 Å². The van der Waals surface area contributed by atoms with Crippen molar-refractivity contribution in [1.29, 1.82) is 0 Å². The normalized spacial score (nSPS) is 16.0. The molecule has 0 spiro atoms. The summed E-state index contributed by atoms with van der Waals surface area (Å²) >= 11 is 6.97. The van der Waals surface area contributed by atoms with Gasteiger partial charge in [-0.3, -0.25) is 38.9 Å². The minimum absolute atomic E-state index is 0.00942. The number of rotatable bonds is 17. The van der Waals surface area contributed by atoms with Crippen molar-refractivity contribution in [1.82, 2.24) is 66.4 Å². The molecule has 8 heterocycles. The first-order valence-electron chi connectivity index (χ1n) is 27.2. The van der Waals surface area contributed by atoms with Crippen LogP contribution in [0.4, 0.5) is 10.6 Å². The van der Waals surface area contributed by atoms with Crippen LogP contribution in [-0.2, 0) is 30.5 Å². The number of aromatic nitrogens is 7. The average Bonchev–Trinajstić information content (AvgIpc) is 2.93. The van der Waals surface area contributed by atoms with E-state index in [1.807, 2.05) is 13.8 Å². The Kier molecular flexibility index (Phi) is 21.2. The topological polar surface area (TPSA) is 372 Å². The van der Waals surface area contributed by atoms with Crippen LogP contribution in [0.1, 0.15) is 132 Å². The third-order valence-corrected chi connectivity index (χ3v) is 19.1. The number of urea groups is 1. The highest BCUT2D eigenvalue weighted by atomic mass is 32.1. The minimum atomic E-state index is -1.30. The largest absolute Gasteiger partial charge is 0.481 e. The predicted octanol–water partition coefficient (Wildman–Crippen LogP) is 7.88. The molecule has 0 fully saturated rings. The van der Waals surface area contributed by atoms with E-state index < -0.39 is 78.3 Å². The predicted molar refractivity (Wildman–Crippen MR) is 331 cm³/mol. The molecular formula is C56H58N14O12S6. The Labute approximate surface area is 526 Å². The molecule has 1 aliphatic heterocycles. The molecule has 0 radical (unpaired) electrons. The monoisotopic (exact) mass is 1310 g/mol. The zero-order valence-corrected chi connectivity index (χ0v) is 52.5. The van der Waals surface area contributed by atoms with Crippen LogP contribution in [0, 0.1) is 12.8 Å². The number of aliphatic hydroxyl groups excluding tert-OH is 1. The highest BCUT2D eigenvalue weighted by Crippen LogP contribution is 2.40. The second-order valence-electron chi connectivity index (χ2n) is 20.1. The molecule has 9 N–H and O–H groups in total. The van der Waals surface area contributed by atoms with Crippen LogP contribution >= 0.6 is 68.0 Å². The van der Waals surface area contributed by atoms with Crippen molar-refractivity contribution in [2.45, 2.75) is 83.7 Å². The molecule has 8 aromatic rings. The Hall–Kier alpha value is -8.37. The molecule has 7 aromatic heterocycles. The maximum absolute atomic E-state index is 14.3. The fourth-order valence-corrected chi connectivity index (χ4v) is 14.5. The van der Waals surface area contributed by atoms with Gasteiger partial charge in [0.15, 0.2) is 0 Å². The number of carboxylic acids is 2. The Morgan fingerprint density at radius 1 is 0.682 bits per heavy atom. The molecule has 7 amide bonds. The molecule has 26 nitrogen and oxygen atoms in total. The first kappa shape index (κ1) is 64.1. The molecule has 0 saturated carbocycles. The molecule has 4 atom stereocenters. The Morgan fingerprint density at radius 2 is 1.35 bits per heavy atom. The lowest BCUT2D eigenvalue weighted by Crippen LogP contribution is -2.40. The number of nitrogens with one attached hydrogen (secondary N) is 6. The Balaban J connectivity index is 1.10. The lowest BCUT2D eigenvalue weighted by Gasteiger charge is -2.23. The number of carbonyl (C=O) groups is 8. The first-order valence-corrected chi connectivity index (χ1v) is 32.3. The van der Waals surface area contributed by atoms with Gasteiger partial charge in [-0.1, -0.05) is 44.2 Å². The van der Waals surface area contributed by atoms with Gasteiger partial charge in [0.05, 0.1) is 42.2 Å². The number of nitrogens with zero attached hydrogens (tertiary/aromatic N) is 8. The van der Waals surface area contributed by atoms with E-state index in [4.69, 9.17) is 24.7 Å². The van der Waals surface area contributed by atoms with Crippen LogP contribution in [0.5, 0.6) is 0 Å². The number of fused-ring (bicyclic) bond motifs is 14. The molecule has 32 heteroatoms. The van der Waals surface area contributed by atoms with Crippen LogP contribution in [-0.4, -0.2) is 136 Å². The van der Waals surface area contributed by atoms with Gasteiger partial charge in [0.2, 0.25) is 11.8 Å². The van der Waals surface area contributed by atoms with E-state index in [-0.39, 0.29) is 85.6 Å². The second kappa shape index (κ2) is 29.1. The lowest BCUT2D eigenvalue weighted by molar-refractivity contribution is -0.138. The van der Waals surface area contributed by atoms with Gasteiger partial charge in [-0.2, -0.15) is 0 Å². The van der Waals surface area contributed by atoms with Gasteiger partial charge in [-0.15, -0.1) is 68.0 Å². The molecule has 0 aliphatic carbocycles. The average molecular weight is 1310 g/mol. The van der Waals surface area contributed by atoms with Crippen molar-refractivity contribution in [3.63, 3.8) is 0 Å². The molecule has 1 aromatic carbocycles. The molecule has 0 unspecified atom stereocenters. The summed E-state index contributed by atoms with van der Waals surface area (Å²) < 4.78 is 5.45. The number of carbonyl (C=O) groups excluding carboxylic acids is 6. The number of pyridine rings is 1. The molecule has 88 heavy (non-hydrogen) atoms. The summed E-state index contributed by atoms with van der Waals surface area (Å²) in [5, 5.41) is 55.9. The number of anilines is 1. The van der Waals surface area contributed by atoms with Gasteiger partial charge < -0.3 is 51.5 Å². The third-order valence-electron chi connectivity index (χ3n) is 13.4. The van der Waals surface area contributed by atoms with Crippen LogP contribution in [0.25, 0.3) is 43.4 Å². The maximum Gasteiger partial charge on any atom is 0.323 e. The summed E-state index contributed by atoms with van der Waals surface area (Å²) in [5.41, 5.74) is 2.35. The van der Waals surface area contributed by atoms with E-state index in [1.165, 1.54) is 30.4 Å². The fraction of sp³-hybridized carbons (Fsp3) is 0.339. The van der Waals surface area contributed by atoms with E-state index in [2.05, 4.69) is 46.9 Å². The van der Waals surface area contributed by atoms with Crippen molar-refractivity contribution < 1.29 is 58.4 Å². The number of amides is 7. The standard InChI is InChI=1S/C56H58N14O12S6/c1-26(2)41-55-69-44(35(88-55)21-82-5)48(79)58-20-38(72)66-45(46(77)28-11-7-6-8-12-28)54-63-34(24-85-54)52-61-32(22-84-52)43-29(50-62-33(23-83-50)47(78)60-31(19-37(71)57-4)53-68-42(27(3)87-53)49(80)67-41)15-16-30(59-43)51-64-36(25-86-51)65-56(81)70(17-9-13-39(73)74)18-10-14-40(75)76/h6-8,11-12,15-16,22-26,31,41,45-46,77H,9-10,13-14,17-21H2,1-5H3,(H,57,71)(H,58,79)(H,60,78)(H,65,81)(H,66,72)(H,67,80)(H,73,74)(H,75,76)/t31-,41-,45-,46-/m0/s1. The number of aliphatic hydroxyl groups is 1. The smallest absolute Gasteiger partial charge is 0.323 e. The summed E-state index contributed by atoms with van der Waals surface area (Å²) in [6.07, 6.45) is -1.66. The zero-order chi connectivity index (χ0) is 62.8. The Bertz CT molecular complexity index is 3860. The van der Waals surface area contributed by atoms with Gasteiger partial charge in [-0.25, -0.2) is 39.7 Å². The van der Waals surface area contributed by atoms with Crippen molar-refractivity contribution in [2.75, 3.05) is 39.1 Å². The van der Waals surface area contributed by atoms with E-state index in [0.29, 0.717) is 68.7 Å². The van der Waals surface area contributed by atoms with Crippen molar-refractivity contribution in [3.05, 3.63) is 111 Å². The summed E-state index contributed by atoms with van der Waals surface area (Å²) in [6, 6.07) is 8.64. The highest BCUT2D eigenvalue weighted by Gasteiger charge is 2.33. The SMILES string of the molecule is CNC(=O)C[C@@H]1NC(=O)c2csc(n2)-c2ccc(-c3nc(NC(=O)N(CCCC(=O)O)CCCC(=O)O)cs3)nc2-c2csc(n2)-c2csc(n2)[C@H]([C@@H](O)c2ccccc2)NC(=O)CNC(=O)c2nc(sc2COC)[C@H](C(C)C)NC(=O)c2nc1sc2C.